The molecule has 0 bridgehead atoms. The molecule has 0 unspecified atom stereocenters. The Morgan fingerprint density at radius 2 is 2.06 bits per heavy atom. The molecule has 0 aromatic carbocycles. The summed E-state index contributed by atoms with van der Waals surface area (Å²) in [7, 11) is 1.83. The molecular weight excluding hydrogens is 218 g/mol. The summed E-state index contributed by atoms with van der Waals surface area (Å²) in [4.78, 5) is 19.1. The van der Waals surface area contributed by atoms with E-state index in [1.54, 1.807) is 12.4 Å². The molecule has 2 heterocycles. The summed E-state index contributed by atoms with van der Waals surface area (Å²) in [5, 5.41) is 8.84. The van der Waals surface area contributed by atoms with Gasteiger partial charge in [-0.2, -0.15) is 0 Å². The number of aryl methyl sites for hydroxylation is 1. The molecule has 0 spiro atoms. The van der Waals surface area contributed by atoms with Gasteiger partial charge in [-0.1, -0.05) is 0 Å². The predicted octanol–water partition coefficient (Wildman–Crippen LogP) is 1.42. The van der Waals surface area contributed by atoms with Crippen molar-refractivity contribution in [1.82, 2.24) is 14.5 Å². The van der Waals surface area contributed by atoms with Crippen LogP contribution >= 0.6 is 0 Å². The quantitative estimate of drug-likeness (QED) is 0.867. The highest BCUT2D eigenvalue weighted by molar-refractivity contribution is 5.70. The second-order valence-electron chi connectivity index (χ2n) is 3.83. The van der Waals surface area contributed by atoms with Crippen LogP contribution in [0.4, 0.5) is 0 Å². The molecule has 0 fully saturated rings. The van der Waals surface area contributed by atoms with Crippen LogP contribution in [0.25, 0.3) is 11.4 Å². The van der Waals surface area contributed by atoms with Crippen LogP contribution in [0.1, 0.15) is 11.4 Å². The molecule has 5 heteroatoms. The SMILES string of the molecule is Cc1nc(-c2ccncc2)n(C)c1CC(=O)O. The van der Waals surface area contributed by atoms with Gasteiger partial charge in [-0.3, -0.25) is 9.78 Å². The van der Waals surface area contributed by atoms with Crippen LogP contribution in [-0.4, -0.2) is 25.6 Å². The summed E-state index contributed by atoms with van der Waals surface area (Å²) in [5.41, 5.74) is 2.41. The van der Waals surface area contributed by atoms with Crippen molar-refractivity contribution >= 4 is 5.97 Å². The fraction of sp³-hybridized carbons (Fsp3) is 0.250. The van der Waals surface area contributed by atoms with Crippen molar-refractivity contribution in [1.29, 1.82) is 0 Å². The Bertz CT molecular complexity index is 546. The Kier molecular flexibility index (Phi) is 2.91. The molecule has 0 aliphatic carbocycles. The lowest BCUT2D eigenvalue weighted by Crippen LogP contribution is -2.07. The maximum Gasteiger partial charge on any atom is 0.309 e. The van der Waals surface area contributed by atoms with Crippen molar-refractivity contribution in [2.24, 2.45) is 7.05 Å². The van der Waals surface area contributed by atoms with E-state index in [0.29, 0.717) is 0 Å². The summed E-state index contributed by atoms with van der Waals surface area (Å²) in [6.07, 6.45) is 3.37. The third-order valence-electron chi connectivity index (χ3n) is 2.67. The first kappa shape index (κ1) is 11.3. The number of carboxylic acid groups (broad SMARTS) is 1. The minimum Gasteiger partial charge on any atom is -0.481 e. The van der Waals surface area contributed by atoms with Crippen molar-refractivity contribution in [3.8, 4) is 11.4 Å². The Morgan fingerprint density at radius 3 is 2.65 bits per heavy atom. The number of carboxylic acids is 1. The molecule has 1 N–H and O–H groups in total. The van der Waals surface area contributed by atoms with Crippen LogP contribution in [0.5, 0.6) is 0 Å². The van der Waals surface area contributed by atoms with Gasteiger partial charge in [0.1, 0.15) is 5.82 Å². The van der Waals surface area contributed by atoms with E-state index < -0.39 is 5.97 Å². The van der Waals surface area contributed by atoms with E-state index in [-0.39, 0.29) is 6.42 Å². The van der Waals surface area contributed by atoms with E-state index in [1.807, 2.05) is 30.7 Å². The average Bonchev–Trinajstić information content (AvgIpc) is 2.58. The number of pyridine rings is 1. The van der Waals surface area contributed by atoms with Crippen molar-refractivity contribution in [2.45, 2.75) is 13.3 Å². The number of aliphatic carboxylic acids is 1. The van der Waals surface area contributed by atoms with Crippen LogP contribution < -0.4 is 0 Å². The van der Waals surface area contributed by atoms with Gasteiger partial charge in [0.15, 0.2) is 0 Å². The third kappa shape index (κ3) is 2.18. The fourth-order valence-corrected chi connectivity index (χ4v) is 1.82. The number of carbonyl (C=O) groups is 1. The lowest BCUT2D eigenvalue weighted by atomic mass is 10.2. The summed E-state index contributed by atoms with van der Waals surface area (Å²) in [5.74, 6) is -0.0847. The molecule has 0 saturated carbocycles. The van der Waals surface area contributed by atoms with Gasteiger partial charge in [0.2, 0.25) is 0 Å². The van der Waals surface area contributed by atoms with Crippen molar-refractivity contribution in [3.63, 3.8) is 0 Å². The molecule has 5 nitrogen and oxygen atoms in total. The molecule has 2 rings (SSSR count). The maximum absolute atomic E-state index is 10.8. The minimum atomic E-state index is -0.850. The van der Waals surface area contributed by atoms with Gasteiger partial charge in [0.25, 0.3) is 0 Å². The molecule has 0 aliphatic heterocycles. The van der Waals surface area contributed by atoms with E-state index in [1.165, 1.54) is 0 Å². The van der Waals surface area contributed by atoms with Crippen LogP contribution in [0.15, 0.2) is 24.5 Å². The summed E-state index contributed by atoms with van der Waals surface area (Å²) >= 11 is 0. The van der Waals surface area contributed by atoms with Gasteiger partial charge in [0, 0.05) is 25.0 Å². The number of nitrogens with zero attached hydrogens (tertiary/aromatic N) is 3. The third-order valence-corrected chi connectivity index (χ3v) is 2.67. The van der Waals surface area contributed by atoms with Gasteiger partial charge in [-0.15, -0.1) is 0 Å². The molecular formula is C12H13N3O2. The first-order chi connectivity index (χ1) is 8.09. The molecule has 0 atom stereocenters. The Hall–Kier alpha value is -2.17. The van der Waals surface area contributed by atoms with Crippen LogP contribution in [-0.2, 0) is 18.3 Å². The minimum absolute atomic E-state index is 0.0135. The molecule has 17 heavy (non-hydrogen) atoms. The van der Waals surface area contributed by atoms with E-state index in [2.05, 4.69) is 9.97 Å². The number of hydrogen-bond acceptors (Lipinski definition) is 3. The molecule has 0 amide bonds. The lowest BCUT2D eigenvalue weighted by Gasteiger charge is -2.04. The maximum atomic E-state index is 10.8. The van der Waals surface area contributed by atoms with E-state index in [0.717, 1.165) is 22.8 Å². The summed E-state index contributed by atoms with van der Waals surface area (Å²) in [6.45, 7) is 1.82. The molecule has 0 radical (unpaired) electrons. The smallest absolute Gasteiger partial charge is 0.309 e. The number of rotatable bonds is 3. The highest BCUT2D eigenvalue weighted by Gasteiger charge is 2.15. The fourth-order valence-electron chi connectivity index (χ4n) is 1.82. The van der Waals surface area contributed by atoms with Crippen LogP contribution in [0, 0.1) is 6.92 Å². The van der Waals surface area contributed by atoms with E-state index >= 15 is 0 Å². The Morgan fingerprint density at radius 1 is 1.41 bits per heavy atom. The summed E-state index contributed by atoms with van der Waals surface area (Å²) in [6, 6.07) is 3.71. The average molecular weight is 231 g/mol. The van der Waals surface area contributed by atoms with Gasteiger partial charge in [0.05, 0.1) is 17.8 Å². The monoisotopic (exact) mass is 231 g/mol. The van der Waals surface area contributed by atoms with Gasteiger partial charge in [-0.25, -0.2) is 4.98 Å². The first-order valence-electron chi connectivity index (χ1n) is 5.24. The number of aromatic nitrogens is 3. The van der Waals surface area contributed by atoms with Crippen molar-refractivity contribution in [3.05, 3.63) is 35.9 Å². The highest BCUT2D eigenvalue weighted by Crippen LogP contribution is 2.20. The molecule has 0 saturated heterocycles. The van der Waals surface area contributed by atoms with Crippen molar-refractivity contribution < 1.29 is 9.90 Å². The second kappa shape index (κ2) is 4.37. The zero-order valence-corrected chi connectivity index (χ0v) is 9.71. The summed E-state index contributed by atoms with van der Waals surface area (Å²) < 4.78 is 1.82. The van der Waals surface area contributed by atoms with Crippen molar-refractivity contribution in [2.75, 3.05) is 0 Å². The normalized spacial score (nSPS) is 10.5. The Labute approximate surface area is 98.8 Å². The zero-order valence-electron chi connectivity index (χ0n) is 9.71. The topological polar surface area (TPSA) is 68.0 Å². The first-order valence-corrected chi connectivity index (χ1v) is 5.24. The standard InChI is InChI=1S/C12H13N3O2/c1-8-10(7-11(16)17)15(2)12(14-8)9-3-5-13-6-4-9/h3-6H,7H2,1-2H3,(H,16,17). The lowest BCUT2D eigenvalue weighted by molar-refractivity contribution is -0.136. The molecule has 2 aromatic heterocycles. The van der Waals surface area contributed by atoms with Gasteiger partial charge < -0.3 is 9.67 Å². The Balaban J connectivity index is 2.48. The molecule has 0 aliphatic rings. The van der Waals surface area contributed by atoms with Crippen LogP contribution in [0.3, 0.4) is 0 Å². The molecule has 88 valence electrons. The van der Waals surface area contributed by atoms with Gasteiger partial charge >= 0.3 is 5.97 Å². The number of hydrogen-bond donors (Lipinski definition) is 1. The highest BCUT2D eigenvalue weighted by atomic mass is 16.4. The van der Waals surface area contributed by atoms with Crippen LogP contribution in [0.2, 0.25) is 0 Å². The largest absolute Gasteiger partial charge is 0.481 e. The van der Waals surface area contributed by atoms with Gasteiger partial charge in [-0.05, 0) is 19.1 Å². The van der Waals surface area contributed by atoms with E-state index in [4.69, 9.17) is 5.11 Å². The molecule has 2 aromatic rings. The second-order valence-corrected chi connectivity index (χ2v) is 3.83. The zero-order chi connectivity index (χ0) is 12.4. The van der Waals surface area contributed by atoms with E-state index in [9.17, 15) is 4.79 Å². The predicted molar refractivity (Wildman–Crippen MR) is 62.5 cm³/mol. The number of imidazole rings is 1.